The van der Waals surface area contributed by atoms with Crippen molar-refractivity contribution in [3.63, 3.8) is 0 Å². The van der Waals surface area contributed by atoms with E-state index in [0.717, 1.165) is 55.3 Å². The molecule has 1 aliphatic rings. The monoisotopic (exact) mass is 333 g/mol. The van der Waals surface area contributed by atoms with Gasteiger partial charge in [-0.1, -0.05) is 0 Å². The van der Waals surface area contributed by atoms with Crippen LogP contribution < -0.4 is 5.32 Å². The molecule has 1 atom stereocenters. The molecule has 132 valence electrons. The van der Waals surface area contributed by atoms with Gasteiger partial charge >= 0.3 is 0 Å². The first-order chi connectivity index (χ1) is 11.7. The van der Waals surface area contributed by atoms with Crippen molar-refractivity contribution >= 4 is 5.82 Å². The molecular formula is C18H27N3O3. The minimum absolute atomic E-state index is 0.0640. The molecule has 0 amide bonds. The largest absolute Gasteiger partial charge is 0.469 e. The van der Waals surface area contributed by atoms with Crippen LogP contribution in [0.15, 0.2) is 22.8 Å². The van der Waals surface area contributed by atoms with Gasteiger partial charge in [-0.15, -0.1) is 0 Å². The summed E-state index contributed by atoms with van der Waals surface area (Å²) in [5.74, 6) is 2.51. The Hall–Kier alpha value is -1.79. The molecule has 1 aliphatic heterocycles. The lowest BCUT2D eigenvalue weighted by Gasteiger charge is -2.25. The number of anilines is 1. The van der Waals surface area contributed by atoms with Gasteiger partial charge in [-0.2, -0.15) is 5.10 Å². The van der Waals surface area contributed by atoms with E-state index in [4.69, 9.17) is 9.15 Å². The maximum atomic E-state index is 9.31. The van der Waals surface area contributed by atoms with E-state index in [1.165, 1.54) is 0 Å². The molecule has 0 radical (unpaired) electrons. The fraction of sp³-hybridized carbons (Fsp3) is 0.611. The zero-order valence-corrected chi connectivity index (χ0v) is 14.5. The average Bonchev–Trinajstić information content (AvgIpc) is 3.15. The summed E-state index contributed by atoms with van der Waals surface area (Å²) in [7, 11) is 0. The molecule has 3 heterocycles. The third-order valence-corrected chi connectivity index (χ3v) is 4.65. The predicted octanol–water partition coefficient (Wildman–Crippen LogP) is 3.06. The molecule has 0 bridgehead atoms. The number of aliphatic hydroxyl groups is 1. The first kappa shape index (κ1) is 17.0. The van der Waals surface area contributed by atoms with Gasteiger partial charge in [0.2, 0.25) is 0 Å². The number of aliphatic hydroxyl groups excluding tert-OH is 1. The molecule has 24 heavy (non-hydrogen) atoms. The minimum Gasteiger partial charge on any atom is -0.469 e. The Morgan fingerprint density at radius 3 is 2.88 bits per heavy atom. The van der Waals surface area contributed by atoms with Crippen molar-refractivity contribution in [2.45, 2.75) is 45.7 Å². The molecule has 2 aromatic rings. The number of ether oxygens (including phenoxy) is 1. The van der Waals surface area contributed by atoms with E-state index in [1.54, 1.807) is 6.26 Å². The highest BCUT2D eigenvalue weighted by atomic mass is 16.5. The van der Waals surface area contributed by atoms with Gasteiger partial charge in [0.15, 0.2) is 0 Å². The van der Waals surface area contributed by atoms with Crippen molar-refractivity contribution in [3.8, 4) is 11.3 Å². The Morgan fingerprint density at radius 2 is 2.21 bits per heavy atom. The van der Waals surface area contributed by atoms with Gasteiger partial charge < -0.3 is 19.6 Å². The maximum absolute atomic E-state index is 9.31. The van der Waals surface area contributed by atoms with Crippen LogP contribution in [0.3, 0.4) is 0 Å². The molecule has 6 heteroatoms. The first-order valence-electron chi connectivity index (χ1n) is 8.75. The smallest absolute Gasteiger partial charge is 0.125 e. The highest BCUT2D eigenvalue weighted by Crippen LogP contribution is 2.27. The Labute approximate surface area is 142 Å². The average molecular weight is 333 g/mol. The number of nitrogens with zero attached hydrogens (tertiary/aromatic N) is 2. The number of rotatable bonds is 7. The lowest BCUT2D eigenvalue weighted by Crippen LogP contribution is -2.25. The fourth-order valence-corrected chi connectivity index (χ4v) is 3.37. The molecule has 1 fully saturated rings. The van der Waals surface area contributed by atoms with E-state index in [1.807, 2.05) is 23.7 Å². The van der Waals surface area contributed by atoms with Crippen LogP contribution in [0.2, 0.25) is 0 Å². The molecule has 1 saturated heterocycles. The van der Waals surface area contributed by atoms with Crippen molar-refractivity contribution < 1.29 is 14.3 Å². The van der Waals surface area contributed by atoms with Crippen LogP contribution >= 0.6 is 0 Å². The number of nitrogens with one attached hydrogen (secondary N) is 1. The number of hydrogen-bond donors (Lipinski definition) is 2. The molecule has 6 nitrogen and oxygen atoms in total. The van der Waals surface area contributed by atoms with Crippen LogP contribution in [0.4, 0.5) is 5.82 Å². The lowest BCUT2D eigenvalue weighted by atomic mass is 9.93. The van der Waals surface area contributed by atoms with Crippen molar-refractivity contribution in [3.05, 3.63) is 24.2 Å². The molecule has 0 aliphatic carbocycles. The van der Waals surface area contributed by atoms with Crippen LogP contribution in [0.1, 0.15) is 31.9 Å². The van der Waals surface area contributed by atoms with Crippen LogP contribution in [-0.4, -0.2) is 40.7 Å². The third kappa shape index (κ3) is 3.99. The number of aryl methyl sites for hydroxylation is 1. The van der Waals surface area contributed by atoms with E-state index in [2.05, 4.69) is 17.3 Å². The second-order valence-corrected chi connectivity index (χ2v) is 6.59. The first-order valence-corrected chi connectivity index (χ1v) is 8.75. The minimum atomic E-state index is 0.0640. The fourth-order valence-electron chi connectivity index (χ4n) is 3.37. The third-order valence-electron chi connectivity index (χ3n) is 4.65. The van der Waals surface area contributed by atoms with Gasteiger partial charge in [-0.25, -0.2) is 4.68 Å². The molecule has 2 aromatic heterocycles. The zero-order chi connectivity index (χ0) is 16.9. The topological polar surface area (TPSA) is 72.5 Å². The summed E-state index contributed by atoms with van der Waals surface area (Å²) < 4.78 is 12.6. The molecular weight excluding hydrogens is 306 g/mol. The van der Waals surface area contributed by atoms with Crippen molar-refractivity contribution in [2.75, 3.05) is 25.1 Å². The summed E-state index contributed by atoms with van der Waals surface area (Å²) in [5, 5.41) is 17.5. The predicted molar refractivity (Wildman–Crippen MR) is 93.0 cm³/mol. The van der Waals surface area contributed by atoms with E-state index in [0.29, 0.717) is 18.5 Å². The van der Waals surface area contributed by atoms with Gasteiger partial charge in [0.1, 0.15) is 11.6 Å². The van der Waals surface area contributed by atoms with Gasteiger partial charge in [-0.3, -0.25) is 0 Å². The summed E-state index contributed by atoms with van der Waals surface area (Å²) in [6, 6.07) is 4.31. The summed E-state index contributed by atoms with van der Waals surface area (Å²) in [4.78, 5) is 0. The molecule has 3 rings (SSSR count). The van der Waals surface area contributed by atoms with Crippen molar-refractivity contribution in [1.82, 2.24) is 9.78 Å². The van der Waals surface area contributed by atoms with E-state index in [9.17, 15) is 5.11 Å². The highest BCUT2D eigenvalue weighted by molar-refractivity contribution is 5.64. The lowest BCUT2D eigenvalue weighted by molar-refractivity contribution is 0.0629. The molecule has 0 spiro atoms. The zero-order valence-electron chi connectivity index (χ0n) is 14.5. The summed E-state index contributed by atoms with van der Waals surface area (Å²) in [6.45, 7) is 6.43. The Bertz CT molecular complexity index is 644. The normalized spacial score (nSPS) is 17.1. The van der Waals surface area contributed by atoms with Crippen LogP contribution in [0.5, 0.6) is 0 Å². The summed E-state index contributed by atoms with van der Waals surface area (Å²) in [5.41, 5.74) is 1.86. The van der Waals surface area contributed by atoms with Gasteiger partial charge in [0.25, 0.3) is 0 Å². The summed E-state index contributed by atoms with van der Waals surface area (Å²) in [6.07, 6.45) is 5.08. The molecule has 0 saturated carbocycles. The molecule has 1 unspecified atom stereocenters. The van der Waals surface area contributed by atoms with E-state index >= 15 is 0 Å². The Kier molecular flexibility index (Phi) is 5.58. The van der Waals surface area contributed by atoms with Crippen LogP contribution in [-0.2, 0) is 11.3 Å². The van der Waals surface area contributed by atoms with Crippen LogP contribution in [0.25, 0.3) is 11.3 Å². The van der Waals surface area contributed by atoms with Gasteiger partial charge in [0, 0.05) is 30.9 Å². The van der Waals surface area contributed by atoms with Crippen LogP contribution in [0, 0.1) is 12.8 Å². The van der Waals surface area contributed by atoms with E-state index < -0.39 is 0 Å². The number of hydrogen-bond acceptors (Lipinski definition) is 5. The van der Waals surface area contributed by atoms with Crippen molar-refractivity contribution in [1.29, 1.82) is 0 Å². The Morgan fingerprint density at radius 1 is 1.42 bits per heavy atom. The SMILES string of the molecule is Cc1occc1-c1cc(NC(C)CC2CCOCC2)n(CCO)n1. The van der Waals surface area contributed by atoms with Gasteiger partial charge in [-0.05, 0) is 45.1 Å². The standard InChI is InChI=1S/C18H27N3O3/c1-13(11-15-3-8-23-9-4-15)19-18-12-17(20-21(18)6-7-22)16-5-10-24-14(16)2/h5,10,12-13,15,19,22H,3-4,6-9,11H2,1-2H3. The Balaban J connectivity index is 1.71. The highest BCUT2D eigenvalue weighted by Gasteiger charge is 2.19. The second kappa shape index (κ2) is 7.85. The van der Waals surface area contributed by atoms with Crippen molar-refractivity contribution in [2.24, 2.45) is 5.92 Å². The molecule has 2 N–H and O–H groups in total. The number of furan rings is 1. The summed E-state index contributed by atoms with van der Waals surface area (Å²) >= 11 is 0. The van der Waals surface area contributed by atoms with E-state index in [-0.39, 0.29) is 6.61 Å². The number of aromatic nitrogens is 2. The second-order valence-electron chi connectivity index (χ2n) is 6.59. The molecule has 0 aromatic carbocycles. The maximum Gasteiger partial charge on any atom is 0.125 e. The van der Waals surface area contributed by atoms with Gasteiger partial charge in [0.05, 0.1) is 25.1 Å². The quantitative estimate of drug-likeness (QED) is 0.815.